The standard InChI is InChI=1S/C23H24N8O2S/c1-13-5-7-17(8-6-13)34-12-19-20(26-30-31(19)22-21(24)28-33-29-22)23(32)27-25-11-18-15(3)9-14(2)10-16(18)4/h5-11H,12H2,1-4H3,(H2,24,28)(H,27,32)/b25-11-. The predicted octanol–water partition coefficient (Wildman–Crippen LogP) is 3.52. The van der Waals surface area contributed by atoms with Crippen molar-refractivity contribution in [3.63, 3.8) is 0 Å². The number of aryl methyl sites for hydroxylation is 4. The van der Waals surface area contributed by atoms with Crippen molar-refractivity contribution < 1.29 is 9.42 Å². The molecule has 0 fully saturated rings. The fourth-order valence-electron chi connectivity index (χ4n) is 3.50. The Bertz CT molecular complexity index is 1330. The SMILES string of the molecule is Cc1ccc(SCc2c(C(=O)N/N=C\c3c(C)cc(C)cc3C)nnn2-c2nonc2N)cc1. The largest absolute Gasteiger partial charge is 0.378 e. The van der Waals surface area contributed by atoms with E-state index in [2.05, 4.69) is 43.3 Å². The first-order chi connectivity index (χ1) is 16.3. The molecule has 0 radical (unpaired) electrons. The number of nitrogens with two attached hydrogens (primary N) is 1. The van der Waals surface area contributed by atoms with E-state index >= 15 is 0 Å². The second kappa shape index (κ2) is 9.87. The lowest BCUT2D eigenvalue weighted by molar-refractivity contribution is 0.0949. The summed E-state index contributed by atoms with van der Waals surface area (Å²) in [7, 11) is 0. The van der Waals surface area contributed by atoms with Gasteiger partial charge in [-0.1, -0.05) is 40.6 Å². The topological polar surface area (TPSA) is 137 Å². The molecule has 2 aromatic carbocycles. The molecule has 2 heterocycles. The summed E-state index contributed by atoms with van der Waals surface area (Å²) in [6.45, 7) is 8.08. The number of carbonyl (C=O) groups is 1. The number of anilines is 1. The van der Waals surface area contributed by atoms with Crippen molar-refractivity contribution in [3.05, 3.63) is 75.6 Å². The van der Waals surface area contributed by atoms with Gasteiger partial charge in [0.05, 0.1) is 11.9 Å². The van der Waals surface area contributed by atoms with Crippen molar-refractivity contribution in [1.82, 2.24) is 30.7 Å². The second-order valence-corrected chi connectivity index (χ2v) is 8.93. The van der Waals surface area contributed by atoms with Gasteiger partial charge in [-0.3, -0.25) is 4.79 Å². The molecule has 2 aromatic heterocycles. The quantitative estimate of drug-likeness (QED) is 0.235. The number of hydrazone groups is 1. The molecule has 0 spiro atoms. The predicted molar refractivity (Wildman–Crippen MR) is 130 cm³/mol. The summed E-state index contributed by atoms with van der Waals surface area (Å²) in [5.41, 5.74) is 14.4. The highest BCUT2D eigenvalue weighted by atomic mass is 32.2. The molecule has 0 atom stereocenters. The Morgan fingerprint density at radius 2 is 1.82 bits per heavy atom. The first-order valence-electron chi connectivity index (χ1n) is 10.5. The summed E-state index contributed by atoms with van der Waals surface area (Å²) in [6.07, 6.45) is 1.63. The number of thioether (sulfide) groups is 1. The van der Waals surface area contributed by atoms with Crippen LogP contribution in [0.5, 0.6) is 0 Å². The number of carbonyl (C=O) groups excluding carboxylic acids is 1. The fourth-order valence-corrected chi connectivity index (χ4v) is 4.40. The summed E-state index contributed by atoms with van der Waals surface area (Å²) >= 11 is 1.52. The van der Waals surface area contributed by atoms with E-state index in [9.17, 15) is 4.79 Å². The maximum absolute atomic E-state index is 13.0. The summed E-state index contributed by atoms with van der Waals surface area (Å²) in [5, 5.41) is 19.7. The van der Waals surface area contributed by atoms with Crippen LogP contribution >= 0.6 is 11.8 Å². The maximum Gasteiger partial charge on any atom is 0.293 e. The van der Waals surface area contributed by atoms with Crippen molar-refractivity contribution in [2.24, 2.45) is 5.10 Å². The minimum absolute atomic E-state index is 0.0433. The number of rotatable bonds is 7. The Hall–Kier alpha value is -3.99. The Morgan fingerprint density at radius 3 is 2.47 bits per heavy atom. The van der Waals surface area contributed by atoms with Gasteiger partial charge in [0.1, 0.15) is 0 Å². The summed E-state index contributed by atoms with van der Waals surface area (Å²) in [5.74, 6) is 0.0899. The number of aromatic nitrogens is 5. The number of hydrogen-bond donors (Lipinski definition) is 2. The maximum atomic E-state index is 13.0. The van der Waals surface area contributed by atoms with Crippen LogP contribution in [0.3, 0.4) is 0 Å². The number of benzene rings is 2. The second-order valence-electron chi connectivity index (χ2n) is 7.88. The third-order valence-electron chi connectivity index (χ3n) is 5.17. The Kier molecular flexibility index (Phi) is 6.73. The molecule has 3 N–H and O–H groups in total. The van der Waals surface area contributed by atoms with E-state index in [0.717, 1.165) is 27.1 Å². The van der Waals surface area contributed by atoms with Crippen LogP contribution in [0.1, 0.15) is 44.0 Å². The Labute approximate surface area is 200 Å². The van der Waals surface area contributed by atoms with Gasteiger partial charge >= 0.3 is 0 Å². The zero-order chi connectivity index (χ0) is 24.2. The first kappa shape index (κ1) is 23.2. The highest BCUT2D eigenvalue weighted by Gasteiger charge is 2.24. The number of amides is 1. The van der Waals surface area contributed by atoms with Crippen molar-refractivity contribution in [1.29, 1.82) is 0 Å². The molecule has 0 unspecified atom stereocenters. The molecule has 0 aliphatic carbocycles. The zero-order valence-electron chi connectivity index (χ0n) is 19.2. The van der Waals surface area contributed by atoms with Gasteiger partial charge in [-0.05, 0) is 61.3 Å². The van der Waals surface area contributed by atoms with Gasteiger partial charge in [0.15, 0.2) is 5.69 Å². The normalized spacial score (nSPS) is 11.3. The molecular formula is C23H24N8O2S. The smallest absolute Gasteiger partial charge is 0.293 e. The van der Waals surface area contributed by atoms with Gasteiger partial charge in [0.2, 0.25) is 11.6 Å². The molecule has 0 saturated carbocycles. The van der Waals surface area contributed by atoms with Crippen LogP contribution in [-0.4, -0.2) is 37.4 Å². The highest BCUT2D eigenvalue weighted by molar-refractivity contribution is 7.98. The molecule has 11 heteroatoms. The van der Waals surface area contributed by atoms with Gasteiger partial charge in [0, 0.05) is 16.2 Å². The lowest BCUT2D eigenvalue weighted by Crippen LogP contribution is -2.20. The minimum atomic E-state index is -0.501. The van der Waals surface area contributed by atoms with Crippen LogP contribution in [0.4, 0.5) is 5.82 Å². The third kappa shape index (κ3) is 4.99. The molecule has 174 valence electrons. The molecule has 10 nitrogen and oxygen atoms in total. The number of nitrogens with one attached hydrogen (secondary N) is 1. The van der Waals surface area contributed by atoms with Crippen LogP contribution in [0.25, 0.3) is 5.82 Å². The average Bonchev–Trinajstić information content (AvgIpc) is 3.40. The lowest BCUT2D eigenvalue weighted by atomic mass is 10.0. The van der Waals surface area contributed by atoms with Gasteiger partial charge in [-0.2, -0.15) is 9.78 Å². The molecule has 0 saturated heterocycles. The van der Waals surface area contributed by atoms with Crippen molar-refractivity contribution in [2.75, 3.05) is 5.73 Å². The lowest BCUT2D eigenvalue weighted by Gasteiger charge is -2.07. The fraction of sp³-hybridized carbons (Fsp3) is 0.217. The molecule has 0 aliphatic heterocycles. The molecule has 34 heavy (non-hydrogen) atoms. The van der Waals surface area contributed by atoms with Crippen LogP contribution in [0.2, 0.25) is 0 Å². The van der Waals surface area contributed by atoms with Crippen molar-refractivity contribution in [3.8, 4) is 5.82 Å². The van der Waals surface area contributed by atoms with Crippen LogP contribution in [-0.2, 0) is 5.75 Å². The van der Waals surface area contributed by atoms with E-state index in [1.807, 2.05) is 52.0 Å². The highest BCUT2D eigenvalue weighted by Crippen LogP contribution is 2.26. The van der Waals surface area contributed by atoms with E-state index in [1.54, 1.807) is 6.21 Å². The third-order valence-corrected chi connectivity index (χ3v) is 6.19. The van der Waals surface area contributed by atoms with Gasteiger partial charge in [-0.25, -0.2) is 10.1 Å². The summed E-state index contributed by atoms with van der Waals surface area (Å²) < 4.78 is 6.06. The average molecular weight is 477 g/mol. The van der Waals surface area contributed by atoms with E-state index < -0.39 is 5.91 Å². The Morgan fingerprint density at radius 1 is 1.12 bits per heavy atom. The van der Waals surface area contributed by atoms with E-state index in [-0.39, 0.29) is 17.3 Å². The van der Waals surface area contributed by atoms with Gasteiger partial charge in [-0.15, -0.1) is 16.9 Å². The summed E-state index contributed by atoms with van der Waals surface area (Å²) in [6, 6.07) is 12.2. The van der Waals surface area contributed by atoms with Gasteiger partial charge < -0.3 is 5.73 Å². The summed E-state index contributed by atoms with van der Waals surface area (Å²) in [4.78, 5) is 14.0. The van der Waals surface area contributed by atoms with E-state index in [4.69, 9.17) is 10.4 Å². The van der Waals surface area contributed by atoms with Crippen LogP contribution in [0, 0.1) is 27.7 Å². The van der Waals surface area contributed by atoms with E-state index in [1.165, 1.54) is 22.0 Å². The van der Waals surface area contributed by atoms with E-state index in [0.29, 0.717) is 11.4 Å². The molecule has 0 bridgehead atoms. The minimum Gasteiger partial charge on any atom is -0.378 e. The molecular weight excluding hydrogens is 452 g/mol. The molecule has 4 rings (SSSR count). The van der Waals surface area contributed by atoms with Crippen molar-refractivity contribution >= 4 is 29.7 Å². The first-order valence-corrected chi connectivity index (χ1v) is 11.5. The van der Waals surface area contributed by atoms with Crippen molar-refractivity contribution in [2.45, 2.75) is 38.3 Å². The monoisotopic (exact) mass is 476 g/mol. The molecule has 1 amide bonds. The molecule has 4 aromatic rings. The zero-order valence-corrected chi connectivity index (χ0v) is 20.1. The number of nitrogens with zero attached hydrogens (tertiary/aromatic N) is 6. The number of nitrogen functional groups attached to an aromatic ring is 1. The van der Waals surface area contributed by atoms with Crippen LogP contribution < -0.4 is 11.2 Å². The number of hydrogen-bond acceptors (Lipinski definition) is 9. The Balaban J connectivity index is 1.59. The molecule has 0 aliphatic rings. The van der Waals surface area contributed by atoms with Crippen LogP contribution in [0.15, 0.2) is 51.0 Å². The van der Waals surface area contributed by atoms with Gasteiger partial charge in [0.25, 0.3) is 5.91 Å².